The van der Waals surface area contributed by atoms with Crippen molar-refractivity contribution in [2.24, 2.45) is 0 Å². The van der Waals surface area contributed by atoms with Gasteiger partial charge in [-0.1, -0.05) is 13.0 Å². The summed E-state index contributed by atoms with van der Waals surface area (Å²) in [6.07, 6.45) is 1.85. The molecule has 0 aliphatic heterocycles. The predicted molar refractivity (Wildman–Crippen MR) is 68.9 cm³/mol. The molecule has 0 aliphatic rings. The summed E-state index contributed by atoms with van der Waals surface area (Å²) in [5, 5.41) is 0. The van der Waals surface area contributed by atoms with Crippen LogP contribution in [0, 0.1) is 6.42 Å². The van der Waals surface area contributed by atoms with E-state index in [1.807, 2.05) is 0 Å². The van der Waals surface area contributed by atoms with Crippen molar-refractivity contribution in [2.45, 2.75) is 19.8 Å². The fourth-order valence-electron chi connectivity index (χ4n) is 1.51. The van der Waals surface area contributed by atoms with Crippen molar-refractivity contribution >= 4 is 11.9 Å². The van der Waals surface area contributed by atoms with Gasteiger partial charge in [-0.25, -0.2) is 0 Å². The Morgan fingerprint density at radius 2 is 1.84 bits per heavy atom. The lowest BCUT2D eigenvalue weighted by molar-refractivity contribution is -0.156. The molecule has 0 spiro atoms. The van der Waals surface area contributed by atoms with Crippen LogP contribution in [0.25, 0.3) is 0 Å². The molecule has 0 atom stereocenters. The normalized spacial score (nSPS) is 9.84. The number of ether oxygens (including phenoxy) is 3. The first kappa shape index (κ1) is 15.0. The Morgan fingerprint density at radius 3 is 2.42 bits per heavy atom. The Morgan fingerprint density at radius 1 is 1.16 bits per heavy atom. The van der Waals surface area contributed by atoms with E-state index in [1.54, 1.807) is 25.1 Å². The molecule has 5 heteroatoms. The van der Waals surface area contributed by atoms with Gasteiger partial charge in [0.05, 0.1) is 27.1 Å². The lowest BCUT2D eigenvalue weighted by Gasteiger charge is -2.09. The molecule has 19 heavy (non-hydrogen) atoms. The molecule has 0 amide bonds. The first-order valence-electron chi connectivity index (χ1n) is 5.89. The van der Waals surface area contributed by atoms with Crippen LogP contribution in [-0.4, -0.2) is 26.2 Å². The Kier molecular flexibility index (Phi) is 5.85. The van der Waals surface area contributed by atoms with E-state index in [4.69, 9.17) is 9.47 Å². The molecule has 0 aromatic heterocycles. The average Bonchev–Trinajstić information content (AvgIpc) is 2.38. The van der Waals surface area contributed by atoms with Crippen LogP contribution in [-0.2, 0) is 20.7 Å². The molecular weight excluding hydrogens is 248 g/mol. The first-order chi connectivity index (χ1) is 9.10. The zero-order valence-corrected chi connectivity index (χ0v) is 11.3. The second-order valence-electron chi connectivity index (χ2n) is 3.77. The van der Waals surface area contributed by atoms with Gasteiger partial charge < -0.3 is 14.2 Å². The molecule has 1 aromatic carbocycles. The Bertz CT molecular complexity index is 453. The molecule has 0 unspecified atom stereocenters. The van der Waals surface area contributed by atoms with Crippen LogP contribution in [0.2, 0.25) is 0 Å². The van der Waals surface area contributed by atoms with E-state index in [0.717, 1.165) is 0 Å². The SMILES string of the molecule is CC[CH]C(=O)OC(=O)Cc1ccc(OC)c(OC)c1. The number of benzene rings is 1. The van der Waals surface area contributed by atoms with Crippen molar-refractivity contribution in [2.75, 3.05) is 14.2 Å². The monoisotopic (exact) mass is 265 g/mol. The van der Waals surface area contributed by atoms with Crippen LogP contribution < -0.4 is 9.47 Å². The molecule has 103 valence electrons. The summed E-state index contributed by atoms with van der Waals surface area (Å²) in [5.41, 5.74) is 0.687. The predicted octanol–water partition coefficient (Wildman–Crippen LogP) is 1.93. The Balaban J connectivity index is 2.66. The summed E-state index contributed by atoms with van der Waals surface area (Å²) < 4.78 is 14.8. The van der Waals surface area contributed by atoms with Gasteiger partial charge in [-0.05, 0) is 24.1 Å². The molecule has 0 bridgehead atoms. The van der Waals surface area contributed by atoms with Crippen LogP contribution in [0.4, 0.5) is 0 Å². The summed E-state index contributed by atoms with van der Waals surface area (Å²) in [6, 6.07) is 5.09. The van der Waals surface area contributed by atoms with E-state index in [9.17, 15) is 9.59 Å². The quantitative estimate of drug-likeness (QED) is 0.581. The van der Waals surface area contributed by atoms with Gasteiger partial charge in [0.25, 0.3) is 0 Å². The maximum absolute atomic E-state index is 11.5. The summed E-state index contributed by atoms with van der Waals surface area (Å²) in [5.74, 6) is -0.107. The highest BCUT2D eigenvalue weighted by Gasteiger charge is 2.12. The highest BCUT2D eigenvalue weighted by Crippen LogP contribution is 2.27. The van der Waals surface area contributed by atoms with Gasteiger partial charge in [-0.2, -0.15) is 0 Å². The van der Waals surface area contributed by atoms with Crippen LogP contribution in [0.1, 0.15) is 18.9 Å². The molecule has 5 nitrogen and oxygen atoms in total. The van der Waals surface area contributed by atoms with Gasteiger partial charge in [0.2, 0.25) is 0 Å². The Labute approximate surface area is 112 Å². The van der Waals surface area contributed by atoms with Gasteiger partial charge in [-0.3, -0.25) is 9.59 Å². The van der Waals surface area contributed by atoms with Gasteiger partial charge >= 0.3 is 11.9 Å². The number of rotatable bonds is 6. The van der Waals surface area contributed by atoms with Crippen LogP contribution in [0.3, 0.4) is 0 Å². The summed E-state index contributed by atoms with van der Waals surface area (Å²) >= 11 is 0. The second kappa shape index (κ2) is 7.41. The molecule has 0 aliphatic carbocycles. The van der Waals surface area contributed by atoms with Gasteiger partial charge in [0.1, 0.15) is 0 Å². The summed E-state index contributed by atoms with van der Waals surface area (Å²) in [4.78, 5) is 22.6. The van der Waals surface area contributed by atoms with E-state index in [2.05, 4.69) is 4.74 Å². The molecule has 1 radical (unpaired) electrons. The number of hydrogen-bond acceptors (Lipinski definition) is 5. The number of carbonyl (C=O) groups is 2. The van der Waals surface area contributed by atoms with E-state index < -0.39 is 11.9 Å². The minimum atomic E-state index is -0.618. The topological polar surface area (TPSA) is 61.8 Å². The van der Waals surface area contributed by atoms with Crippen LogP contribution in [0.15, 0.2) is 18.2 Å². The number of methoxy groups -OCH3 is 2. The van der Waals surface area contributed by atoms with Crippen molar-refractivity contribution in [1.82, 2.24) is 0 Å². The van der Waals surface area contributed by atoms with Gasteiger partial charge in [0.15, 0.2) is 11.5 Å². The molecule has 0 saturated carbocycles. The minimum Gasteiger partial charge on any atom is -0.493 e. The van der Waals surface area contributed by atoms with Crippen molar-refractivity contribution in [3.63, 3.8) is 0 Å². The number of hydrogen-bond donors (Lipinski definition) is 0. The summed E-state index contributed by atoms with van der Waals surface area (Å²) in [7, 11) is 3.05. The zero-order valence-electron chi connectivity index (χ0n) is 11.3. The van der Waals surface area contributed by atoms with Crippen molar-refractivity contribution in [3.05, 3.63) is 30.2 Å². The highest BCUT2D eigenvalue weighted by molar-refractivity contribution is 5.90. The lowest BCUT2D eigenvalue weighted by atomic mass is 10.1. The van der Waals surface area contributed by atoms with E-state index in [-0.39, 0.29) is 6.42 Å². The van der Waals surface area contributed by atoms with E-state index >= 15 is 0 Å². The fourth-order valence-corrected chi connectivity index (χ4v) is 1.51. The average molecular weight is 265 g/mol. The second-order valence-corrected chi connectivity index (χ2v) is 3.77. The third-order valence-corrected chi connectivity index (χ3v) is 2.38. The molecule has 0 saturated heterocycles. The number of carbonyl (C=O) groups excluding carboxylic acids is 2. The smallest absolute Gasteiger partial charge is 0.317 e. The lowest BCUT2D eigenvalue weighted by Crippen LogP contribution is -2.14. The van der Waals surface area contributed by atoms with Crippen molar-refractivity contribution in [3.8, 4) is 11.5 Å². The maximum Gasteiger partial charge on any atom is 0.317 e. The first-order valence-corrected chi connectivity index (χ1v) is 5.89. The summed E-state index contributed by atoms with van der Waals surface area (Å²) in [6.45, 7) is 1.79. The van der Waals surface area contributed by atoms with E-state index in [1.165, 1.54) is 20.6 Å². The van der Waals surface area contributed by atoms with Crippen LogP contribution >= 0.6 is 0 Å². The van der Waals surface area contributed by atoms with Gasteiger partial charge in [0, 0.05) is 0 Å². The number of esters is 2. The van der Waals surface area contributed by atoms with Gasteiger partial charge in [-0.15, -0.1) is 0 Å². The highest BCUT2D eigenvalue weighted by atomic mass is 16.6. The maximum atomic E-state index is 11.5. The molecular formula is C14H17O5. The van der Waals surface area contributed by atoms with E-state index in [0.29, 0.717) is 23.5 Å². The zero-order chi connectivity index (χ0) is 14.3. The molecule has 0 N–H and O–H groups in total. The third kappa shape index (κ3) is 4.62. The minimum absolute atomic E-state index is 0.00362. The molecule has 0 fully saturated rings. The Hall–Kier alpha value is -2.04. The molecule has 0 heterocycles. The molecule has 1 aromatic rings. The third-order valence-electron chi connectivity index (χ3n) is 2.38. The van der Waals surface area contributed by atoms with Crippen LogP contribution in [0.5, 0.6) is 11.5 Å². The standard InChI is InChI=1S/C14H17O5/c1-4-5-13(15)19-14(16)9-10-6-7-11(17-2)12(8-10)18-3/h5-8H,4,9H2,1-3H3. The fraction of sp³-hybridized carbons (Fsp3) is 0.357. The van der Waals surface area contributed by atoms with Crippen molar-refractivity contribution < 1.29 is 23.8 Å². The molecule has 1 rings (SSSR count). The van der Waals surface area contributed by atoms with Crippen molar-refractivity contribution in [1.29, 1.82) is 0 Å². The largest absolute Gasteiger partial charge is 0.493 e.